The molecule has 1 aromatic heterocycles. The molecule has 1 fully saturated rings. The van der Waals surface area contributed by atoms with Gasteiger partial charge in [0.1, 0.15) is 5.15 Å². The second-order valence-electron chi connectivity index (χ2n) is 3.67. The highest BCUT2D eigenvalue weighted by Crippen LogP contribution is 2.11. The molecule has 0 bridgehead atoms. The van der Waals surface area contributed by atoms with E-state index in [1.54, 1.807) is 0 Å². The Kier molecular flexibility index (Phi) is 3.23. The van der Waals surface area contributed by atoms with E-state index in [4.69, 9.17) is 11.6 Å². The van der Waals surface area contributed by atoms with Gasteiger partial charge < -0.3 is 10.6 Å². The standard InChI is InChI=1S/C9H13ClN4O/c10-8-7(5-13-14-8)9(15)12-4-6-1-2-11-3-6/h5-6,11H,1-4H2,(H,12,15)(H,13,14). The molecule has 0 aromatic carbocycles. The first-order chi connectivity index (χ1) is 7.27. The highest BCUT2D eigenvalue weighted by molar-refractivity contribution is 6.32. The molecule has 1 aromatic rings. The van der Waals surface area contributed by atoms with Gasteiger partial charge in [-0.25, -0.2) is 0 Å². The monoisotopic (exact) mass is 228 g/mol. The maximum Gasteiger partial charge on any atom is 0.256 e. The predicted octanol–water partition coefficient (Wildman–Crippen LogP) is 0.402. The van der Waals surface area contributed by atoms with Gasteiger partial charge in [0.15, 0.2) is 0 Å². The van der Waals surface area contributed by atoms with Crippen LogP contribution in [0.15, 0.2) is 6.20 Å². The molecule has 0 aliphatic carbocycles. The number of hydrogen-bond acceptors (Lipinski definition) is 3. The fraction of sp³-hybridized carbons (Fsp3) is 0.556. The van der Waals surface area contributed by atoms with Gasteiger partial charge in [0.2, 0.25) is 0 Å². The highest BCUT2D eigenvalue weighted by atomic mass is 35.5. The van der Waals surface area contributed by atoms with Crippen molar-refractivity contribution < 1.29 is 4.79 Å². The van der Waals surface area contributed by atoms with Gasteiger partial charge in [-0.3, -0.25) is 9.89 Å². The summed E-state index contributed by atoms with van der Waals surface area (Å²) in [6, 6.07) is 0. The van der Waals surface area contributed by atoms with Crippen LogP contribution in [0, 0.1) is 5.92 Å². The largest absolute Gasteiger partial charge is 0.352 e. The van der Waals surface area contributed by atoms with Gasteiger partial charge in [-0.15, -0.1) is 0 Å². The maximum atomic E-state index is 11.6. The number of aromatic nitrogens is 2. The molecule has 6 heteroatoms. The van der Waals surface area contributed by atoms with Gasteiger partial charge in [-0.2, -0.15) is 5.10 Å². The van der Waals surface area contributed by atoms with Crippen LogP contribution in [0.1, 0.15) is 16.8 Å². The fourth-order valence-corrected chi connectivity index (χ4v) is 1.83. The summed E-state index contributed by atoms with van der Waals surface area (Å²) in [6.45, 7) is 2.69. The summed E-state index contributed by atoms with van der Waals surface area (Å²) in [7, 11) is 0. The first-order valence-electron chi connectivity index (χ1n) is 4.95. The average Bonchev–Trinajstić information content (AvgIpc) is 2.84. The third-order valence-electron chi connectivity index (χ3n) is 2.55. The van der Waals surface area contributed by atoms with Crippen molar-refractivity contribution in [2.45, 2.75) is 6.42 Å². The van der Waals surface area contributed by atoms with Crippen LogP contribution in [0.3, 0.4) is 0 Å². The van der Waals surface area contributed by atoms with Crippen molar-refractivity contribution in [2.75, 3.05) is 19.6 Å². The smallest absolute Gasteiger partial charge is 0.256 e. The number of H-pyrrole nitrogens is 1. The van der Waals surface area contributed by atoms with Gasteiger partial charge in [-0.1, -0.05) is 11.6 Å². The van der Waals surface area contributed by atoms with Crippen molar-refractivity contribution in [3.63, 3.8) is 0 Å². The lowest BCUT2D eigenvalue weighted by atomic mass is 10.1. The van der Waals surface area contributed by atoms with Crippen LogP contribution in [0.4, 0.5) is 0 Å². The van der Waals surface area contributed by atoms with E-state index in [0.29, 0.717) is 18.0 Å². The van der Waals surface area contributed by atoms with Crippen LogP contribution in [-0.2, 0) is 0 Å². The molecule has 1 saturated heterocycles. The Labute approximate surface area is 92.6 Å². The molecule has 1 amide bonds. The average molecular weight is 229 g/mol. The van der Waals surface area contributed by atoms with E-state index in [9.17, 15) is 4.79 Å². The Morgan fingerprint density at radius 1 is 1.73 bits per heavy atom. The van der Waals surface area contributed by atoms with Crippen molar-refractivity contribution in [3.05, 3.63) is 16.9 Å². The summed E-state index contributed by atoms with van der Waals surface area (Å²) >= 11 is 5.74. The van der Waals surface area contributed by atoms with E-state index >= 15 is 0 Å². The van der Waals surface area contributed by atoms with Gasteiger partial charge in [0.25, 0.3) is 5.91 Å². The Bertz CT molecular complexity index is 346. The van der Waals surface area contributed by atoms with E-state index in [1.165, 1.54) is 6.20 Å². The molecule has 3 N–H and O–H groups in total. The lowest BCUT2D eigenvalue weighted by Crippen LogP contribution is -2.30. The Morgan fingerprint density at radius 2 is 2.60 bits per heavy atom. The topological polar surface area (TPSA) is 69.8 Å². The van der Waals surface area contributed by atoms with Gasteiger partial charge in [0, 0.05) is 6.54 Å². The lowest BCUT2D eigenvalue weighted by molar-refractivity contribution is 0.0948. The van der Waals surface area contributed by atoms with Crippen molar-refractivity contribution >= 4 is 17.5 Å². The number of nitrogens with zero attached hydrogens (tertiary/aromatic N) is 1. The number of carbonyl (C=O) groups is 1. The van der Waals surface area contributed by atoms with Crippen LogP contribution in [0.25, 0.3) is 0 Å². The lowest BCUT2D eigenvalue weighted by Gasteiger charge is -2.08. The maximum absolute atomic E-state index is 11.6. The third kappa shape index (κ3) is 2.49. The second kappa shape index (κ2) is 4.63. The number of nitrogens with one attached hydrogen (secondary N) is 3. The minimum absolute atomic E-state index is 0.166. The second-order valence-corrected chi connectivity index (χ2v) is 4.04. The van der Waals surface area contributed by atoms with Crippen molar-refractivity contribution in [1.82, 2.24) is 20.8 Å². The predicted molar refractivity (Wildman–Crippen MR) is 56.9 cm³/mol. The molecule has 82 valence electrons. The van der Waals surface area contributed by atoms with Gasteiger partial charge in [0.05, 0.1) is 11.8 Å². The molecule has 0 radical (unpaired) electrons. The summed E-state index contributed by atoms with van der Waals surface area (Å²) in [5.41, 5.74) is 0.405. The van der Waals surface area contributed by atoms with Gasteiger partial charge in [-0.05, 0) is 25.4 Å². The summed E-state index contributed by atoms with van der Waals surface area (Å²) in [5.74, 6) is 0.361. The fourth-order valence-electron chi connectivity index (χ4n) is 1.65. The summed E-state index contributed by atoms with van der Waals surface area (Å²) in [6.07, 6.45) is 2.55. The van der Waals surface area contributed by atoms with Crippen molar-refractivity contribution in [3.8, 4) is 0 Å². The SMILES string of the molecule is O=C(NCC1CCNC1)c1cn[nH]c1Cl. The molecular weight excluding hydrogens is 216 g/mol. The van der Waals surface area contributed by atoms with Crippen LogP contribution in [0.5, 0.6) is 0 Å². The molecule has 0 saturated carbocycles. The minimum atomic E-state index is -0.166. The highest BCUT2D eigenvalue weighted by Gasteiger charge is 2.17. The zero-order valence-electron chi connectivity index (χ0n) is 8.22. The number of hydrogen-bond donors (Lipinski definition) is 3. The third-order valence-corrected chi connectivity index (χ3v) is 2.84. The first kappa shape index (κ1) is 10.4. The van der Waals surface area contributed by atoms with Crippen LogP contribution in [-0.4, -0.2) is 35.7 Å². The molecule has 2 heterocycles. The van der Waals surface area contributed by atoms with E-state index < -0.39 is 0 Å². The molecule has 2 rings (SSSR count). The number of aromatic amines is 1. The Hall–Kier alpha value is -1.07. The Balaban J connectivity index is 1.84. The molecule has 1 atom stereocenters. The summed E-state index contributed by atoms with van der Waals surface area (Å²) < 4.78 is 0. The van der Waals surface area contributed by atoms with Crippen molar-refractivity contribution in [2.24, 2.45) is 5.92 Å². The van der Waals surface area contributed by atoms with E-state index in [2.05, 4.69) is 20.8 Å². The van der Waals surface area contributed by atoms with Gasteiger partial charge >= 0.3 is 0 Å². The quantitative estimate of drug-likeness (QED) is 0.702. The number of amides is 1. The molecule has 15 heavy (non-hydrogen) atoms. The minimum Gasteiger partial charge on any atom is -0.352 e. The number of carbonyl (C=O) groups excluding carboxylic acids is 1. The number of halogens is 1. The molecule has 5 nitrogen and oxygen atoms in total. The first-order valence-corrected chi connectivity index (χ1v) is 5.33. The zero-order valence-corrected chi connectivity index (χ0v) is 8.97. The summed E-state index contributed by atoms with van der Waals surface area (Å²) in [4.78, 5) is 11.6. The molecule has 1 unspecified atom stereocenters. The molecular formula is C9H13ClN4O. The molecule has 1 aliphatic heterocycles. The molecule has 0 spiro atoms. The normalized spacial score (nSPS) is 20.5. The zero-order chi connectivity index (χ0) is 10.7. The van der Waals surface area contributed by atoms with E-state index in [1.807, 2.05) is 0 Å². The Morgan fingerprint density at radius 3 is 3.20 bits per heavy atom. The summed E-state index contributed by atoms with van der Waals surface area (Å²) in [5, 5.41) is 12.6. The van der Waals surface area contributed by atoms with Crippen LogP contribution >= 0.6 is 11.6 Å². The van der Waals surface area contributed by atoms with E-state index in [-0.39, 0.29) is 11.1 Å². The van der Waals surface area contributed by atoms with Crippen molar-refractivity contribution in [1.29, 1.82) is 0 Å². The number of rotatable bonds is 3. The molecule has 1 aliphatic rings. The van der Waals surface area contributed by atoms with Crippen LogP contribution < -0.4 is 10.6 Å². The van der Waals surface area contributed by atoms with Crippen LogP contribution in [0.2, 0.25) is 5.15 Å². The van der Waals surface area contributed by atoms with E-state index in [0.717, 1.165) is 19.5 Å².